The van der Waals surface area contributed by atoms with Crippen molar-refractivity contribution in [3.63, 3.8) is 0 Å². The van der Waals surface area contributed by atoms with Gasteiger partial charge < -0.3 is 5.32 Å². The van der Waals surface area contributed by atoms with Crippen LogP contribution < -0.4 is 5.32 Å². The SMILES string of the molecule is Cc1c(Cl)nnc(NCC2CCCC2)c1C. The molecule has 1 aliphatic carbocycles. The van der Waals surface area contributed by atoms with E-state index in [2.05, 4.69) is 15.5 Å². The molecule has 0 amide bonds. The molecule has 0 saturated heterocycles. The lowest BCUT2D eigenvalue weighted by atomic mass is 10.1. The van der Waals surface area contributed by atoms with E-state index in [1.165, 1.54) is 25.7 Å². The number of rotatable bonds is 3. The summed E-state index contributed by atoms with van der Waals surface area (Å²) in [7, 11) is 0. The summed E-state index contributed by atoms with van der Waals surface area (Å²) in [6, 6.07) is 0. The van der Waals surface area contributed by atoms with Crippen LogP contribution in [0.4, 0.5) is 5.82 Å². The van der Waals surface area contributed by atoms with E-state index < -0.39 is 0 Å². The van der Waals surface area contributed by atoms with E-state index >= 15 is 0 Å². The number of aromatic nitrogens is 2. The predicted molar refractivity (Wildman–Crippen MR) is 67.0 cm³/mol. The van der Waals surface area contributed by atoms with Crippen LogP contribution in [0.15, 0.2) is 0 Å². The van der Waals surface area contributed by atoms with Gasteiger partial charge >= 0.3 is 0 Å². The van der Waals surface area contributed by atoms with E-state index in [9.17, 15) is 0 Å². The number of anilines is 1. The predicted octanol–water partition coefficient (Wildman–Crippen LogP) is 3.35. The molecule has 0 radical (unpaired) electrons. The number of nitrogens with zero attached hydrogens (tertiary/aromatic N) is 2. The van der Waals surface area contributed by atoms with E-state index in [0.29, 0.717) is 5.15 Å². The molecule has 0 aromatic carbocycles. The molecule has 1 saturated carbocycles. The number of nitrogens with one attached hydrogen (secondary N) is 1. The molecule has 0 bridgehead atoms. The molecule has 0 atom stereocenters. The maximum atomic E-state index is 5.91. The minimum absolute atomic E-state index is 0.504. The molecule has 0 spiro atoms. The van der Waals surface area contributed by atoms with Crippen LogP contribution in [-0.2, 0) is 0 Å². The number of hydrogen-bond donors (Lipinski definition) is 1. The zero-order chi connectivity index (χ0) is 11.5. The smallest absolute Gasteiger partial charge is 0.155 e. The van der Waals surface area contributed by atoms with Gasteiger partial charge in [-0.3, -0.25) is 0 Å². The quantitative estimate of drug-likeness (QED) is 0.879. The number of hydrogen-bond acceptors (Lipinski definition) is 3. The first-order valence-corrected chi connectivity index (χ1v) is 6.29. The van der Waals surface area contributed by atoms with Gasteiger partial charge in [0.25, 0.3) is 0 Å². The van der Waals surface area contributed by atoms with Gasteiger partial charge in [-0.05, 0) is 43.7 Å². The molecule has 1 heterocycles. The second-order valence-electron chi connectivity index (χ2n) is 4.62. The monoisotopic (exact) mass is 239 g/mol. The van der Waals surface area contributed by atoms with Gasteiger partial charge in [0.2, 0.25) is 0 Å². The highest BCUT2D eigenvalue weighted by Crippen LogP contribution is 2.26. The Morgan fingerprint density at radius 2 is 1.88 bits per heavy atom. The van der Waals surface area contributed by atoms with Crippen LogP contribution in [0.3, 0.4) is 0 Å². The van der Waals surface area contributed by atoms with Crippen LogP contribution in [0.25, 0.3) is 0 Å². The molecule has 1 N–H and O–H groups in total. The molecule has 88 valence electrons. The van der Waals surface area contributed by atoms with Crippen molar-refractivity contribution in [1.82, 2.24) is 10.2 Å². The van der Waals surface area contributed by atoms with E-state index in [1.54, 1.807) is 0 Å². The van der Waals surface area contributed by atoms with Gasteiger partial charge in [-0.2, -0.15) is 0 Å². The zero-order valence-electron chi connectivity index (χ0n) is 9.89. The largest absolute Gasteiger partial charge is 0.368 e. The van der Waals surface area contributed by atoms with Crippen molar-refractivity contribution in [2.45, 2.75) is 39.5 Å². The van der Waals surface area contributed by atoms with Crippen molar-refractivity contribution in [2.24, 2.45) is 5.92 Å². The summed E-state index contributed by atoms with van der Waals surface area (Å²) in [4.78, 5) is 0. The molecule has 16 heavy (non-hydrogen) atoms. The van der Waals surface area contributed by atoms with Crippen molar-refractivity contribution in [2.75, 3.05) is 11.9 Å². The molecule has 1 fully saturated rings. The fourth-order valence-electron chi connectivity index (χ4n) is 2.20. The highest BCUT2D eigenvalue weighted by atomic mass is 35.5. The summed E-state index contributed by atoms with van der Waals surface area (Å²) in [5.74, 6) is 1.69. The Hall–Kier alpha value is -0.830. The summed E-state index contributed by atoms with van der Waals surface area (Å²) < 4.78 is 0. The van der Waals surface area contributed by atoms with Crippen LogP contribution in [0.5, 0.6) is 0 Å². The first-order valence-electron chi connectivity index (χ1n) is 5.91. The molecule has 0 aliphatic heterocycles. The molecule has 1 aromatic rings. The molecular formula is C12H18ClN3. The molecule has 1 aliphatic rings. The van der Waals surface area contributed by atoms with Crippen molar-refractivity contribution in [3.05, 3.63) is 16.3 Å². The molecule has 2 rings (SSSR count). The second-order valence-corrected chi connectivity index (χ2v) is 4.98. The van der Waals surface area contributed by atoms with Gasteiger partial charge in [-0.15, -0.1) is 10.2 Å². The molecular weight excluding hydrogens is 222 g/mol. The van der Waals surface area contributed by atoms with Crippen molar-refractivity contribution >= 4 is 17.4 Å². The van der Waals surface area contributed by atoms with Crippen LogP contribution in [-0.4, -0.2) is 16.7 Å². The lowest BCUT2D eigenvalue weighted by Gasteiger charge is -2.13. The van der Waals surface area contributed by atoms with Crippen molar-refractivity contribution in [1.29, 1.82) is 0 Å². The van der Waals surface area contributed by atoms with E-state index in [1.807, 2.05) is 13.8 Å². The Balaban J connectivity index is 2.01. The zero-order valence-corrected chi connectivity index (χ0v) is 10.6. The lowest BCUT2D eigenvalue weighted by Crippen LogP contribution is -2.13. The summed E-state index contributed by atoms with van der Waals surface area (Å²) in [6.45, 7) is 5.02. The average molecular weight is 240 g/mol. The van der Waals surface area contributed by atoms with Gasteiger partial charge in [0, 0.05) is 6.54 Å². The fraction of sp³-hybridized carbons (Fsp3) is 0.667. The van der Waals surface area contributed by atoms with Crippen LogP contribution in [0.2, 0.25) is 5.15 Å². The fourth-order valence-corrected chi connectivity index (χ4v) is 2.38. The van der Waals surface area contributed by atoms with Crippen molar-refractivity contribution < 1.29 is 0 Å². The Kier molecular flexibility index (Phi) is 3.64. The minimum Gasteiger partial charge on any atom is -0.368 e. The Labute approximate surface area is 102 Å². The van der Waals surface area contributed by atoms with Crippen LogP contribution >= 0.6 is 11.6 Å². The van der Waals surface area contributed by atoms with Gasteiger partial charge in [0.15, 0.2) is 11.0 Å². The van der Waals surface area contributed by atoms with E-state index in [-0.39, 0.29) is 0 Å². The Morgan fingerprint density at radius 1 is 1.19 bits per heavy atom. The summed E-state index contributed by atoms with van der Waals surface area (Å²) >= 11 is 5.91. The topological polar surface area (TPSA) is 37.8 Å². The van der Waals surface area contributed by atoms with Gasteiger partial charge in [0.05, 0.1) is 0 Å². The highest BCUT2D eigenvalue weighted by molar-refractivity contribution is 6.30. The van der Waals surface area contributed by atoms with E-state index in [4.69, 9.17) is 11.6 Å². The highest BCUT2D eigenvalue weighted by Gasteiger charge is 2.15. The standard InChI is InChI=1S/C12H18ClN3/c1-8-9(2)12(16-15-11(8)13)14-7-10-5-3-4-6-10/h10H,3-7H2,1-2H3,(H,14,16). The molecule has 1 aromatic heterocycles. The summed E-state index contributed by atoms with van der Waals surface area (Å²) in [5, 5.41) is 11.9. The third kappa shape index (κ3) is 2.46. The third-order valence-corrected chi connectivity index (χ3v) is 3.86. The number of halogens is 1. The van der Waals surface area contributed by atoms with Crippen LogP contribution in [0.1, 0.15) is 36.8 Å². The summed E-state index contributed by atoms with van der Waals surface area (Å²) in [5.41, 5.74) is 2.13. The van der Waals surface area contributed by atoms with E-state index in [0.717, 1.165) is 29.4 Å². The third-order valence-electron chi connectivity index (χ3n) is 3.50. The average Bonchev–Trinajstić information content (AvgIpc) is 2.78. The Morgan fingerprint density at radius 3 is 2.56 bits per heavy atom. The van der Waals surface area contributed by atoms with Crippen molar-refractivity contribution in [3.8, 4) is 0 Å². The first-order chi connectivity index (χ1) is 7.68. The minimum atomic E-state index is 0.504. The normalized spacial score (nSPS) is 16.7. The van der Waals surface area contributed by atoms with Gasteiger partial charge in [0.1, 0.15) is 0 Å². The summed E-state index contributed by atoms with van der Waals surface area (Å²) in [6.07, 6.45) is 5.42. The maximum Gasteiger partial charge on any atom is 0.155 e. The molecule has 3 nitrogen and oxygen atoms in total. The molecule has 4 heteroatoms. The van der Waals surface area contributed by atoms with Gasteiger partial charge in [-0.1, -0.05) is 24.4 Å². The second kappa shape index (κ2) is 5.00. The lowest BCUT2D eigenvalue weighted by molar-refractivity contribution is 0.578. The van der Waals surface area contributed by atoms with Gasteiger partial charge in [-0.25, -0.2) is 0 Å². The Bertz CT molecular complexity index is 373. The maximum absolute atomic E-state index is 5.91. The van der Waals surface area contributed by atoms with Crippen LogP contribution in [0, 0.1) is 19.8 Å². The first kappa shape index (κ1) is 11.6. The molecule has 0 unspecified atom stereocenters.